The van der Waals surface area contributed by atoms with Gasteiger partial charge in [0.05, 0.1) is 0 Å². The van der Waals surface area contributed by atoms with Gasteiger partial charge in [-0.1, -0.05) is 23.8 Å². The van der Waals surface area contributed by atoms with Gasteiger partial charge in [0, 0.05) is 11.3 Å². The number of hydrogen-bond acceptors (Lipinski definition) is 2. The number of benzene rings is 1. The fourth-order valence-corrected chi connectivity index (χ4v) is 2.19. The minimum atomic E-state index is -1.37. The predicted octanol–water partition coefficient (Wildman–Crippen LogP) is 2.57. The molecule has 1 aliphatic rings. The molecule has 1 aromatic rings. The van der Waals surface area contributed by atoms with E-state index < -0.39 is 5.60 Å². The fourth-order valence-electron chi connectivity index (χ4n) is 2.19. The molecule has 90 valence electrons. The normalized spacial score (nSPS) is 22.1. The maximum atomic E-state index is 11.8. The predicted molar refractivity (Wildman–Crippen MR) is 67.6 cm³/mol. The van der Waals surface area contributed by atoms with Crippen LogP contribution in [0.3, 0.4) is 0 Å². The number of hydrogen-bond donors (Lipinski definition) is 2. The monoisotopic (exact) mass is 231 g/mol. The summed E-state index contributed by atoms with van der Waals surface area (Å²) in [4.78, 5) is 11.8. The van der Waals surface area contributed by atoms with Gasteiger partial charge in [-0.25, -0.2) is 0 Å². The molecule has 0 spiro atoms. The van der Waals surface area contributed by atoms with Gasteiger partial charge in [-0.15, -0.1) is 6.58 Å². The van der Waals surface area contributed by atoms with E-state index in [-0.39, 0.29) is 5.91 Å². The van der Waals surface area contributed by atoms with E-state index in [1.54, 1.807) is 6.07 Å². The molecule has 0 fully saturated rings. The molecule has 0 radical (unpaired) electrons. The van der Waals surface area contributed by atoms with Crippen LogP contribution in [0.4, 0.5) is 5.69 Å². The SMILES string of the molecule is C=C(C)CCC[C@@]1(O)C(=O)Nc2ccccc21. The van der Waals surface area contributed by atoms with E-state index in [0.717, 1.165) is 24.1 Å². The van der Waals surface area contributed by atoms with Crippen LogP contribution in [-0.2, 0) is 10.4 Å². The second-order valence-corrected chi connectivity index (χ2v) is 4.67. The molecule has 2 N–H and O–H groups in total. The smallest absolute Gasteiger partial charge is 0.261 e. The molecule has 0 saturated heterocycles. The van der Waals surface area contributed by atoms with E-state index in [0.29, 0.717) is 12.0 Å². The number of carbonyl (C=O) groups is 1. The molecule has 3 nitrogen and oxygen atoms in total. The zero-order valence-electron chi connectivity index (χ0n) is 9.99. The van der Waals surface area contributed by atoms with Crippen LogP contribution in [0.2, 0.25) is 0 Å². The van der Waals surface area contributed by atoms with Crippen molar-refractivity contribution in [1.29, 1.82) is 0 Å². The highest BCUT2D eigenvalue weighted by Gasteiger charge is 2.44. The minimum Gasteiger partial charge on any atom is -0.375 e. The average Bonchev–Trinajstić information content (AvgIpc) is 2.52. The lowest BCUT2D eigenvalue weighted by atomic mass is 9.89. The highest BCUT2D eigenvalue weighted by Crippen LogP contribution is 2.39. The first-order valence-electron chi connectivity index (χ1n) is 5.82. The Morgan fingerprint density at radius 1 is 1.47 bits per heavy atom. The lowest BCUT2D eigenvalue weighted by Crippen LogP contribution is -2.34. The molecule has 0 aliphatic carbocycles. The average molecular weight is 231 g/mol. The van der Waals surface area contributed by atoms with E-state index in [2.05, 4.69) is 11.9 Å². The first-order chi connectivity index (χ1) is 8.04. The lowest BCUT2D eigenvalue weighted by Gasteiger charge is -2.20. The van der Waals surface area contributed by atoms with Crippen molar-refractivity contribution in [3.05, 3.63) is 42.0 Å². The Morgan fingerprint density at radius 3 is 2.88 bits per heavy atom. The molecule has 3 heteroatoms. The van der Waals surface area contributed by atoms with Gasteiger partial charge in [-0.3, -0.25) is 4.79 Å². The molecule has 1 heterocycles. The number of fused-ring (bicyclic) bond motifs is 1. The van der Waals surface area contributed by atoms with Gasteiger partial charge >= 0.3 is 0 Å². The molecule has 0 aromatic heterocycles. The number of rotatable bonds is 4. The Hall–Kier alpha value is -1.61. The molecule has 1 amide bonds. The van der Waals surface area contributed by atoms with Crippen molar-refractivity contribution in [3.8, 4) is 0 Å². The molecule has 0 unspecified atom stereocenters. The number of para-hydroxylation sites is 1. The highest BCUT2D eigenvalue weighted by atomic mass is 16.3. The molecule has 17 heavy (non-hydrogen) atoms. The van der Waals surface area contributed by atoms with Gasteiger partial charge in [-0.2, -0.15) is 0 Å². The van der Waals surface area contributed by atoms with E-state index in [1.807, 2.05) is 25.1 Å². The van der Waals surface area contributed by atoms with Crippen LogP contribution in [-0.4, -0.2) is 11.0 Å². The number of amides is 1. The first-order valence-corrected chi connectivity index (χ1v) is 5.82. The number of anilines is 1. The second kappa shape index (κ2) is 4.34. The molecule has 2 rings (SSSR count). The van der Waals surface area contributed by atoms with Crippen molar-refractivity contribution in [2.45, 2.75) is 31.8 Å². The highest BCUT2D eigenvalue weighted by molar-refractivity contribution is 6.04. The third kappa shape index (κ3) is 2.11. The maximum absolute atomic E-state index is 11.8. The Bertz CT molecular complexity index is 467. The van der Waals surface area contributed by atoms with Crippen LogP contribution < -0.4 is 5.32 Å². The molecule has 0 saturated carbocycles. The largest absolute Gasteiger partial charge is 0.375 e. The van der Waals surface area contributed by atoms with Crippen molar-refractivity contribution >= 4 is 11.6 Å². The Morgan fingerprint density at radius 2 is 2.18 bits per heavy atom. The zero-order valence-corrected chi connectivity index (χ0v) is 9.99. The summed E-state index contributed by atoms with van der Waals surface area (Å²) in [6.45, 7) is 5.77. The number of carbonyl (C=O) groups excluding carboxylic acids is 1. The number of aliphatic hydroxyl groups is 1. The summed E-state index contributed by atoms with van der Waals surface area (Å²) in [6.07, 6.45) is 2.02. The zero-order chi connectivity index (χ0) is 12.5. The van der Waals surface area contributed by atoms with Gasteiger partial charge in [0.15, 0.2) is 5.60 Å². The summed E-state index contributed by atoms with van der Waals surface area (Å²) in [6, 6.07) is 7.29. The maximum Gasteiger partial charge on any atom is 0.261 e. The van der Waals surface area contributed by atoms with Crippen molar-refractivity contribution in [2.75, 3.05) is 5.32 Å². The Kier molecular flexibility index (Phi) is 3.03. The van der Waals surface area contributed by atoms with E-state index in [9.17, 15) is 9.90 Å². The fraction of sp³-hybridized carbons (Fsp3) is 0.357. The standard InChI is InChI=1S/C14H17NO2/c1-10(2)6-5-9-14(17)11-7-3-4-8-12(11)15-13(14)16/h3-4,7-8,17H,1,5-6,9H2,2H3,(H,15,16)/t14-/m0/s1. The molecular weight excluding hydrogens is 214 g/mol. The molecule has 0 bridgehead atoms. The third-order valence-corrected chi connectivity index (χ3v) is 3.14. The quantitative estimate of drug-likeness (QED) is 0.782. The summed E-state index contributed by atoms with van der Waals surface area (Å²) in [5.41, 5.74) is 1.11. The van der Waals surface area contributed by atoms with Gasteiger partial charge in [-0.05, 0) is 32.3 Å². The molecular formula is C14H17NO2. The summed E-state index contributed by atoms with van der Waals surface area (Å²) in [7, 11) is 0. The van der Waals surface area contributed by atoms with Gasteiger partial charge in [0.2, 0.25) is 0 Å². The summed E-state index contributed by atoms with van der Waals surface area (Å²) < 4.78 is 0. The van der Waals surface area contributed by atoms with Crippen LogP contribution >= 0.6 is 0 Å². The molecule has 1 aromatic carbocycles. The van der Waals surface area contributed by atoms with Crippen LogP contribution in [0, 0.1) is 0 Å². The first kappa shape index (κ1) is 11.9. The molecule has 1 aliphatic heterocycles. The number of nitrogens with one attached hydrogen (secondary N) is 1. The van der Waals surface area contributed by atoms with Crippen LogP contribution in [0.25, 0.3) is 0 Å². The van der Waals surface area contributed by atoms with Gasteiger partial charge < -0.3 is 10.4 Å². The Labute approximate surface area is 101 Å². The topological polar surface area (TPSA) is 49.3 Å². The summed E-state index contributed by atoms with van der Waals surface area (Å²) in [5.74, 6) is -0.319. The minimum absolute atomic E-state index is 0.319. The van der Waals surface area contributed by atoms with Crippen molar-refractivity contribution in [3.63, 3.8) is 0 Å². The van der Waals surface area contributed by atoms with E-state index in [1.165, 1.54) is 0 Å². The van der Waals surface area contributed by atoms with Crippen LogP contribution in [0.1, 0.15) is 31.7 Å². The van der Waals surface area contributed by atoms with Crippen molar-refractivity contribution < 1.29 is 9.90 Å². The van der Waals surface area contributed by atoms with Crippen molar-refractivity contribution in [1.82, 2.24) is 0 Å². The van der Waals surface area contributed by atoms with E-state index >= 15 is 0 Å². The third-order valence-electron chi connectivity index (χ3n) is 3.14. The van der Waals surface area contributed by atoms with Crippen LogP contribution in [0.15, 0.2) is 36.4 Å². The summed E-state index contributed by atoms with van der Waals surface area (Å²) in [5, 5.41) is 13.2. The van der Waals surface area contributed by atoms with Gasteiger partial charge in [0.1, 0.15) is 0 Å². The second-order valence-electron chi connectivity index (χ2n) is 4.67. The van der Waals surface area contributed by atoms with Gasteiger partial charge in [0.25, 0.3) is 5.91 Å². The van der Waals surface area contributed by atoms with Crippen molar-refractivity contribution in [2.24, 2.45) is 0 Å². The van der Waals surface area contributed by atoms with E-state index in [4.69, 9.17) is 0 Å². The number of allylic oxidation sites excluding steroid dienone is 1. The molecule has 1 atom stereocenters. The summed E-state index contributed by atoms with van der Waals surface area (Å²) >= 11 is 0. The lowest BCUT2D eigenvalue weighted by molar-refractivity contribution is -0.134. The van der Waals surface area contributed by atoms with Crippen LogP contribution in [0.5, 0.6) is 0 Å². The Balaban J connectivity index is 2.19.